The topological polar surface area (TPSA) is 103 Å². The number of amides is 1. The average Bonchev–Trinajstić information content (AvgIpc) is 3.39. The molecule has 1 amide bonds. The van der Waals surface area contributed by atoms with Crippen LogP contribution in [-0.4, -0.2) is 137 Å². The highest BCUT2D eigenvalue weighted by Crippen LogP contribution is 2.44. The second kappa shape index (κ2) is 23.7. The predicted molar refractivity (Wildman–Crippen MR) is 170 cm³/mol. The second-order valence-corrected chi connectivity index (χ2v) is 10.2. The van der Waals surface area contributed by atoms with Crippen molar-refractivity contribution in [1.82, 2.24) is 4.90 Å². The Kier molecular flexibility index (Phi) is 19.4. The van der Waals surface area contributed by atoms with Crippen LogP contribution in [0.3, 0.4) is 0 Å². The molecule has 45 heavy (non-hydrogen) atoms. The third kappa shape index (κ3) is 14.6. The van der Waals surface area contributed by atoms with Crippen LogP contribution in [0, 0.1) is 0 Å². The molecule has 0 bridgehead atoms. The van der Waals surface area contributed by atoms with Gasteiger partial charge in [0.05, 0.1) is 99.1 Å². The van der Waals surface area contributed by atoms with Crippen molar-refractivity contribution in [2.75, 3.05) is 126 Å². The summed E-state index contributed by atoms with van der Waals surface area (Å²) in [6, 6.07) is 16.6. The molecule has 0 atom stereocenters. The molecule has 0 fully saturated rings. The van der Waals surface area contributed by atoms with Gasteiger partial charge in [-0.3, -0.25) is 0 Å². The first-order valence-electron chi connectivity index (χ1n) is 15.9. The largest absolute Gasteiger partial charge is 0.448 e. The summed E-state index contributed by atoms with van der Waals surface area (Å²) in [6.45, 7) is 11.0. The van der Waals surface area contributed by atoms with Crippen LogP contribution < -0.4 is 0 Å². The maximum atomic E-state index is 12.6. The standard InChI is InChI=1S/C34H51NO10/c1-3-37-14-15-39-18-19-41-22-23-43-26-27-44-25-24-42-21-20-40-17-16-38-13-12-35(2)34(36)45-28-33-31-10-6-4-8-29(31)30-9-5-7-11-32(30)33/h4-11,33H,3,12-28H2,1-2H3. The highest BCUT2D eigenvalue weighted by molar-refractivity contribution is 5.79. The van der Waals surface area contributed by atoms with E-state index in [1.807, 2.05) is 31.2 Å². The van der Waals surface area contributed by atoms with Crippen molar-refractivity contribution in [3.8, 4) is 11.1 Å². The van der Waals surface area contributed by atoms with Crippen LogP contribution in [-0.2, 0) is 42.6 Å². The van der Waals surface area contributed by atoms with E-state index in [0.717, 1.165) is 0 Å². The van der Waals surface area contributed by atoms with Crippen molar-refractivity contribution in [2.45, 2.75) is 12.8 Å². The van der Waals surface area contributed by atoms with E-state index in [9.17, 15) is 4.79 Å². The van der Waals surface area contributed by atoms with Gasteiger partial charge < -0.3 is 47.5 Å². The van der Waals surface area contributed by atoms with Crippen molar-refractivity contribution < 1.29 is 47.4 Å². The van der Waals surface area contributed by atoms with Gasteiger partial charge in [-0.25, -0.2) is 4.79 Å². The van der Waals surface area contributed by atoms with Gasteiger partial charge in [0, 0.05) is 26.1 Å². The predicted octanol–water partition coefficient (Wildman–Crippen LogP) is 4.02. The summed E-state index contributed by atoms with van der Waals surface area (Å²) < 4.78 is 49.2. The molecule has 0 aromatic heterocycles. The van der Waals surface area contributed by atoms with E-state index < -0.39 is 0 Å². The maximum absolute atomic E-state index is 12.6. The Morgan fingerprint density at radius 3 is 1.31 bits per heavy atom. The van der Waals surface area contributed by atoms with Gasteiger partial charge in [-0.15, -0.1) is 0 Å². The van der Waals surface area contributed by atoms with Gasteiger partial charge in [0.2, 0.25) is 0 Å². The van der Waals surface area contributed by atoms with Crippen molar-refractivity contribution in [3.63, 3.8) is 0 Å². The fourth-order valence-electron chi connectivity index (χ4n) is 4.68. The molecule has 0 spiro atoms. The number of carbonyl (C=O) groups excluding carboxylic acids is 1. The zero-order chi connectivity index (χ0) is 31.8. The molecule has 252 valence electrons. The molecule has 0 radical (unpaired) electrons. The van der Waals surface area contributed by atoms with Crippen LogP contribution in [0.1, 0.15) is 24.0 Å². The molecular weight excluding hydrogens is 582 g/mol. The smallest absolute Gasteiger partial charge is 0.409 e. The molecule has 0 unspecified atom stereocenters. The first kappa shape index (κ1) is 36.9. The quantitative estimate of drug-likeness (QED) is 0.134. The highest BCUT2D eigenvalue weighted by Gasteiger charge is 2.29. The number of nitrogens with zero attached hydrogens (tertiary/aromatic N) is 1. The summed E-state index contributed by atoms with van der Waals surface area (Å²) in [5.74, 6) is 0.0449. The van der Waals surface area contributed by atoms with Crippen LogP contribution in [0.4, 0.5) is 4.79 Å². The number of carbonyl (C=O) groups is 1. The van der Waals surface area contributed by atoms with Crippen molar-refractivity contribution >= 4 is 6.09 Å². The lowest BCUT2D eigenvalue weighted by molar-refractivity contribution is -0.0231. The maximum Gasteiger partial charge on any atom is 0.409 e. The molecule has 1 aliphatic rings. The second-order valence-electron chi connectivity index (χ2n) is 10.2. The van der Waals surface area contributed by atoms with Gasteiger partial charge in [-0.05, 0) is 29.2 Å². The highest BCUT2D eigenvalue weighted by atomic mass is 16.6. The number of rotatable bonds is 27. The molecule has 11 heteroatoms. The van der Waals surface area contributed by atoms with Gasteiger partial charge in [0.1, 0.15) is 6.61 Å². The normalized spacial score (nSPS) is 12.3. The van der Waals surface area contributed by atoms with E-state index in [1.165, 1.54) is 27.2 Å². The first-order chi connectivity index (χ1) is 22.2. The molecule has 2 aromatic rings. The van der Waals surface area contributed by atoms with Crippen LogP contribution in [0.15, 0.2) is 48.5 Å². The summed E-state index contributed by atoms with van der Waals surface area (Å²) in [5.41, 5.74) is 4.81. The molecule has 0 saturated carbocycles. The lowest BCUT2D eigenvalue weighted by Gasteiger charge is -2.19. The van der Waals surface area contributed by atoms with Crippen molar-refractivity contribution in [2.24, 2.45) is 0 Å². The van der Waals surface area contributed by atoms with Gasteiger partial charge >= 0.3 is 6.09 Å². The Morgan fingerprint density at radius 1 is 0.556 bits per heavy atom. The van der Waals surface area contributed by atoms with Gasteiger partial charge in [0.25, 0.3) is 0 Å². The number of fused-ring (bicyclic) bond motifs is 3. The third-order valence-corrected chi connectivity index (χ3v) is 7.03. The Morgan fingerprint density at radius 2 is 0.911 bits per heavy atom. The van der Waals surface area contributed by atoms with E-state index in [0.29, 0.717) is 119 Å². The van der Waals surface area contributed by atoms with E-state index in [4.69, 9.17) is 42.6 Å². The number of ether oxygens (including phenoxy) is 9. The Bertz CT molecular complexity index is 1010. The van der Waals surface area contributed by atoms with Crippen molar-refractivity contribution in [3.05, 3.63) is 59.7 Å². The average molecular weight is 634 g/mol. The van der Waals surface area contributed by atoms with Crippen LogP contribution in [0.5, 0.6) is 0 Å². The fourth-order valence-corrected chi connectivity index (χ4v) is 4.68. The van der Waals surface area contributed by atoms with Gasteiger partial charge in [0.15, 0.2) is 0 Å². The van der Waals surface area contributed by atoms with Crippen LogP contribution >= 0.6 is 0 Å². The first-order valence-corrected chi connectivity index (χ1v) is 15.9. The lowest BCUT2D eigenvalue weighted by Crippen LogP contribution is -2.32. The summed E-state index contributed by atoms with van der Waals surface area (Å²) in [5, 5.41) is 0. The van der Waals surface area contributed by atoms with Gasteiger partial charge in [-0.2, -0.15) is 0 Å². The molecule has 11 nitrogen and oxygen atoms in total. The van der Waals surface area contributed by atoms with Crippen LogP contribution in [0.2, 0.25) is 0 Å². The minimum absolute atomic E-state index is 0.0449. The van der Waals surface area contributed by atoms with Gasteiger partial charge in [-0.1, -0.05) is 48.5 Å². The summed E-state index contributed by atoms with van der Waals surface area (Å²) in [7, 11) is 1.72. The molecule has 3 rings (SSSR count). The number of hydrogen-bond acceptors (Lipinski definition) is 10. The van der Waals surface area contributed by atoms with E-state index in [2.05, 4.69) is 24.3 Å². The summed E-state index contributed by atoms with van der Waals surface area (Å²) in [6.07, 6.45) is -0.359. The minimum Gasteiger partial charge on any atom is -0.448 e. The Hall–Kier alpha value is -2.61. The minimum atomic E-state index is -0.359. The monoisotopic (exact) mass is 633 g/mol. The molecule has 0 saturated heterocycles. The summed E-state index contributed by atoms with van der Waals surface area (Å²) >= 11 is 0. The summed E-state index contributed by atoms with van der Waals surface area (Å²) in [4.78, 5) is 14.1. The molecule has 0 aliphatic heterocycles. The SMILES string of the molecule is CCOCCOCCOCCOCCOCCOCCOCCOCCN(C)C(=O)OCC1c2ccccc2-c2ccccc21. The zero-order valence-electron chi connectivity index (χ0n) is 27.0. The number of benzene rings is 2. The number of hydrogen-bond donors (Lipinski definition) is 0. The Labute approximate surface area is 267 Å². The molecule has 2 aromatic carbocycles. The third-order valence-electron chi connectivity index (χ3n) is 7.03. The molecular formula is C34H51NO10. The van der Waals surface area contributed by atoms with E-state index in [-0.39, 0.29) is 12.0 Å². The molecule has 0 heterocycles. The number of likely N-dealkylation sites (N-methyl/N-ethyl adjacent to an activating group) is 1. The van der Waals surface area contributed by atoms with Crippen LogP contribution in [0.25, 0.3) is 11.1 Å². The Balaban J connectivity index is 1.05. The van der Waals surface area contributed by atoms with E-state index >= 15 is 0 Å². The zero-order valence-corrected chi connectivity index (χ0v) is 27.0. The lowest BCUT2D eigenvalue weighted by atomic mass is 9.98. The fraction of sp³-hybridized carbons (Fsp3) is 0.618. The van der Waals surface area contributed by atoms with Crippen molar-refractivity contribution in [1.29, 1.82) is 0 Å². The van der Waals surface area contributed by atoms with E-state index in [1.54, 1.807) is 7.05 Å². The molecule has 1 aliphatic carbocycles. The molecule has 0 N–H and O–H groups in total.